The number of ether oxygens (including phenoxy) is 1. The van der Waals surface area contributed by atoms with Gasteiger partial charge in [-0.15, -0.1) is 10.2 Å². The number of hydrogen-bond acceptors (Lipinski definition) is 4. The molecule has 21 heavy (non-hydrogen) atoms. The maximum Gasteiger partial charge on any atom is 0.146 e. The van der Waals surface area contributed by atoms with Crippen LogP contribution in [0.15, 0.2) is 18.5 Å². The molecule has 1 aromatic heterocycles. The zero-order chi connectivity index (χ0) is 14.8. The molecule has 7 heteroatoms. The van der Waals surface area contributed by atoms with Gasteiger partial charge in [0.25, 0.3) is 0 Å². The predicted molar refractivity (Wildman–Crippen MR) is 81.9 cm³/mol. The van der Waals surface area contributed by atoms with Crippen LogP contribution in [0, 0.1) is 0 Å². The van der Waals surface area contributed by atoms with E-state index >= 15 is 0 Å². The summed E-state index contributed by atoms with van der Waals surface area (Å²) in [4.78, 5) is 0. The molecule has 1 atom stereocenters. The molecule has 0 radical (unpaired) electrons. The number of hydrogen-bond donors (Lipinski definition) is 1. The van der Waals surface area contributed by atoms with Crippen LogP contribution in [0.3, 0.4) is 0 Å². The van der Waals surface area contributed by atoms with E-state index in [-0.39, 0.29) is 6.04 Å². The molecule has 0 amide bonds. The maximum absolute atomic E-state index is 6.20. The molecule has 0 saturated carbocycles. The zero-order valence-corrected chi connectivity index (χ0v) is 13.2. The number of fused-ring (bicyclic) bond motifs is 1. The number of nitrogens with one attached hydrogen (secondary N) is 1. The van der Waals surface area contributed by atoms with Gasteiger partial charge in [-0.1, -0.05) is 23.2 Å². The fourth-order valence-corrected chi connectivity index (χ4v) is 3.10. The Labute approximate surface area is 133 Å². The van der Waals surface area contributed by atoms with Gasteiger partial charge in [0.2, 0.25) is 0 Å². The summed E-state index contributed by atoms with van der Waals surface area (Å²) in [6.07, 6.45) is 2.60. The lowest BCUT2D eigenvalue weighted by atomic mass is 10.0. The predicted octanol–water partition coefficient (Wildman–Crippen LogP) is 3.22. The van der Waals surface area contributed by atoms with Gasteiger partial charge >= 0.3 is 0 Å². The van der Waals surface area contributed by atoms with Crippen molar-refractivity contribution in [3.05, 3.63) is 39.9 Å². The van der Waals surface area contributed by atoms with E-state index in [1.165, 1.54) is 0 Å². The molecule has 0 bridgehead atoms. The SMILES string of the molecule is CCn1cnnc1CNC1CCOc2c(Cl)cc(Cl)cc21. The summed E-state index contributed by atoms with van der Waals surface area (Å²) >= 11 is 12.3. The van der Waals surface area contributed by atoms with E-state index in [0.29, 0.717) is 23.2 Å². The van der Waals surface area contributed by atoms with Crippen LogP contribution in [0.1, 0.15) is 30.8 Å². The van der Waals surface area contributed by atoms with Crippen molar-refractivity contribution in [3.63, 3.8) is 0 Å². The van der Waals surface area contributed by atoms with Gasteiger partial charge < -0.3 is 14.6 Å². The van der Waals surface area contributed by atoms with E-state index in [1.54, 1.807) is 12.4 Å². The van der Waals surface area contributed by atoms with Gasteiger partial charge in [0.05, 0.1) is 18.2 Å². The highest BCUT2D eigenvalue weighted by Crippen LogP contribution is 2.39. The molecule has 0 fully saturated rings. The van der Waals surface area contributed by atoms with Crippen LogP contribution in [0.4, 0.5) is 0 Å². The number of aromatic nitrogens is 3. The molecule has 2 heterocycles. The number of nitrogens with zero attached hydrogens (tertiary/aromatic N) is 3. The fraction of sp³-hybridized carbons (Fsp3) is 0.429. The molecular formula is C14H16Cl2N4O. The van der Waals surface area contributed by atoms with Crippen LogP contribution < -0.4 is 10.1 Å². The van der Waals surface area contributed by atoms with Gasteiger partial charge in [0.1, 0.15) is 17.9 Å². The van der Waals surface area contributed by atoms with Gasteiger partial charge in [-0.2, -0.15) is 0 Å². The highest BCUT2D eigenvalue weighted by molar-refractivity contribution is 6.35. The molecule has 1 unspecified atom stereocenters. The van der Waals surface area contributed by atoms with Crippen LogP contribution in [-0.4, -0.2) is 21.4 Å². The van der Waals surface area contributed by atoms with E-state index in [2.05, 4.69) is 22.4 Å². The Bertz CT molecular complexity index is 644. The summed E-state index contributed by atoms with van der Waals surface area (Å²) in [6.45, 7) is 4.19. The van der Waals surface area contributed by atoms with E-state index < -0.39 is 0 Å². The third kappa shape index (κ3) is 3.00. The molecule has 0 saturated heterocycles. The molecule has 1 N–H and O–H groups in total. The fourth-order valence-electron chi connectivity index (χ4n) is 2.53. The molecule has 1 aromatic carbocycles. The topological polar surface area (TPSA) is 52.0 Å². The smallest absolute Gasteiger partial charge is 0.146 e. The van der Waals surface area contributed by atoms with Gasteiger partial charge in [0, 0.05) is 29.6 Å². The van der Waals surface area contributed by atoms with Crippen molar-refractivity contribution in [3.8, 4) is 5.75 Å². The number of halogens is 2. The Hall–Kier alpha value is -1.30. The van der Waals surface area contributed by atoms with Gasteiger partial charge in [-0.3, -0.25) is 0 Å². The first-order valence-corrected chi connectivity index (χ1v) is 7.66. The van der Waals surface area contributed by atoms with E-state index in [1.807, 2.05) is 10.6 Å². The lowest BCUT2D eigenvalue weighted by Gasteiger charge is -2.27. The quantitative estimate of drug-likeness (QED) is 0.937. The Morgan fingerprint density at radius 2 is 2.29 bits per heavy atom. The van der Waals surface area contributed by atoms with E-state index in [9.17, 15) is 0 Å². The minimum absolute atomic E-state index is 0.145. The molecule has 3 rings (SSSR count). The van der Waals surface area contributed by atoms with Gasteiger partial charge in [-0.25, -0.2) is 0 Å². The summed E-state index contributed by atoms with van der Waals surface area (Å²) in [7, 11) is 0. The summed E-state index contributed by atoms with van der Waals surface area (Å²) in [5.41, 5.74) is 1.00. The third-order valence-corrected chi connectivity index (χ3v) is 4.11. The molecule has 1 aliphatic rings. The van der Waals surface area contributed by atoms with Crippen molar-refractivity contribution < 1.29 is 4.74 Å². The first-order chi connectivity index (χ1) is 10.2. The second-order valence-corrected chi connectivity index (χ2v) is 5.75. The van der Waals surface area contributed by atoms with Crippen LogP contribution in [0.25, 0.3) is 0 Å². The van der Waals surface area contributed by atoms with Crippen LogP contribution in [0.2, 0.25) is 10.0 Å². The summed E-state index contributed by atoms with van der Waals surface area (Å²) in [5, 5.41) is 12.7. The van der Waals surface area contributed by atoms with Gasteiger partial charge in [-0.05, 0) is 19.1 Å². The van der Waals surface area contributed by atoms with Crippen molar-refractivity contribution in [2.45, 2.75) is 32.5 Å². The molecule has 112 valence electrons. The largest absolute Gasteiger partial charge is 0.492 e. The number of benzene rings is 1. The third-order valence-electron chi connectivity index (χ3n) is 3.61. The summed E-state index contributed by atoms with van der Waals surface area (Å²) in [5.74, 6) is 1.64. The van der Waals surface area contributed by atoms with Crippen molar-refractivity contribution in [2.75, 3.05) is 6.61 Å². The molecule has 2 aromatic rings. The lowest BCUT2D eigenvalue weighted by Crippen LogP contribution is -2.28. The number of aryl methyl sites for hydroxylation is 1. The first-order valence-electron chi connectivity index (χ1n) is 6.91. The number of rotatable bonds is 4. The van der Waals surface area contributed by atoms with Crippen LogP contribution in [0.5, 0.6) is 5.75 Å². The Morgan fingerprint density at radius 3 is 3.10 bits per heavy atom. The van der Waals surface area contributed by atoms with Crippen LogP contribution >= 0.6 is 23.2 Å². The molecule has 5 nitrogen and oxygen atoms in total. The summed E-state index contributed by atoms with van der Waals surface area (Å²) < 4.78 is 7.67. The molecular weight excluding hydrogens is 311 g/mol. The highest BCUT2D eigenvalue weighted by Gasteiger charge is 2.24. The average molecular weight is 327 g/mol. The van der Waals surface area contributed by atoms with Crippen molar-refractivity contribution in [2.24, 2.45) is 0 Å². The monoisotopic (exact) mass is 326 g/mol. The molecule has 0 aliphatic carbocycles. The minimum atomic E-state index is 0.145. The Kier molecular flexibility index (Phi) is 4.33. The summed E-state index contributed by atoms with van der Waals surface area (Å²) in [6, 6.07) is 3.76. The normalized spacial score (nSPS) is 17.4. The van der Waals surface area contributed by atoms with E-state index in [0.717, 1.165) is 30.1 Å². The standard InChI is InChI=1S/C14H16Cl2N4O/c1-2-20-8-18-19-13(20)7-17-12-3-4-21-14-10(12)5-9(15)6-11(14)16/h5-6,8,12,17H,2-4,7H2,1H3. The van der Waals surface area contributed by atoms with Crippen LogP contribution in [-0.2, 0) is 13.1 Å². The van der Waals surface area contributed by atoms with Crippen molar-refractivity contribution in [1.82, 2.24) is 20.1 Å². The maximum atomic E-state index is 6.20. The van der Waals surface area contributed by atoms with E-state index in [4.69, 9.17) is 27.9 Å². The Balaban J connectivity index is 1.79. The average Bonchev–Trinajstić information content (AvgIpc) is 2.92. The van der Waals surface area contributed by atoms with Gasteiger partial charge in [0.15, 0.2) is 0 Å². The molecule has 1 aliphatic heterocycles. The minimum Gasteiger partial charge on any atom is -0.492 e. The molecule has 0 spiro atoms. The Morgan fingerprint density at radius 1 is 1.43 bits per heavy atom. The van der Waals surface area contributed by atoms with Crippen molar-refractivity contribution in [1.29, 1.82) is 0 Å². The lowest BCUT2D eigenvalue weighted by molar-refractivity contribution is 0.251. The second kappa shape index (κ2) is 6.22. The van der Waals surface area contributed by atoms with Crippen molar-refractivity contribution >= 4 is 23.2 Å². The first kappa shape index (κ1) is 14.6. The highest BCUT2D eigenvalue weighted by atomic mass is 35.5. The zero-order valence-electron chi connectivity index (χ0n) is 11.6. The second-order valence-electron chi connectivity index (χ2n) is 4.91.